The number of methoxy groups -OCH3 is 2. The smallest absolute Gasteiger partial charge is 0.161 e. The van der Waals surface area contributed by atoms with E-state index in [0.29, 0.717) is 11.7 Å². The molecule has 1 aliphatic carbocycles. The normalized spacial score (nSPS) is 17.1. The van der Waals surface area contributed by atoms with Gasteiger partial charge in [-0.15, -0.1) is 0 Å². The molecular formula is C15H22O3. The van der Waals surface area contributed by atoms with Gasteiger partial charge >= 0.3 is 0 Å². The molecule has 1 N–H and O–H groups in total. The Morgan fingerprint density at radius 3 is 2.33 bits per heavy atom. The van der Waals surface area contributed by atoms with Crippen LogP contribution in [0.5, 0.6) is 11.5 Å². The molecule has 18 heavy (non-hydrogen) atoms. The van der Waals surface area contributed by atoms with Crippen molar-refractivity contribution in [2.45, 2.75) is 38.7 Å². The standard InChI is InChI=1S/C15H22O3/c1-10-7-14(17-2)15(18-3)9-12(10)13(16)8-11-5-4-6-11/h7,9,11,13,16H,4-6,8H2,1-3H3. The van der Waals surface area contributed by atoms with Crippen LogP contribution in [0.3, 0.4) is 0 Å². The summed E-state index contributed by atoms with van der Waals surface area (Å²) < 4.78 is 10.5. The van der Waals surface area contributed by atoms with E-state index in [0.717, 1.165) is 23.3 Å². The van der Waals surface area contributed by atoms with Crippen molar-refractivity contribution in [3.05, 3.63) is 23.3 Å². The Morgan fingerprint density at radius 2 is 1.83 bits per heavy atom. The van der Waals surface area contributed by atoms with Crippen LogP contribution in [0.25, 0.3) is 0 Å². The Bertz CT molecular complexity index is 410. The van der Waals surface area contributed by atoms with Crippen molar-refractivity contribution < 1.29 is 14.6 Å². The predicted molar refractivity (Wildman–Crippen MR) is 71.2 cm³/mol. The molecule has 0 spiro atoms. The zero-order chi connectivity index (χ0) is 13.1. The summed E-state index contributed by atoms with van der Waals surface area (Å²) in [5, 5.41) is 10.3. The first-order valence-corrected chi connectivity index (χ1v) is 6.56. The number of benzene rings is 1. The zero-order valence-electron chi connectivity index (χ0n) is 11.4. The Kier molecular flexibility index (Phi) is 4.12. The molecule has 1 aliphatic rings. The van der Waals surface area contributed by atoms with Gasteiger partial charge in [-0.25, -0.2) is 0 Å². The summed E-state index contributed by atoms with van der Waals surface area (Å²) >= 11 is 0. The maximum absolute atomic E-state index is 10.3. The van der Waals surface area contributed by atoms with Crippen molar-refractivity contribution in [1.82, 2.24) is 0 Å². The number of hydrogen-bond acceptors (Lipinski definition) is 3. The molecule has 100 valence electrons. The summed E-state index contributed by atoms with van der Waals surface area (Å²) in [6.45, 7) is 2.00. The van der Waals surface area contributed by atoms with Crippen LogP contribution < -0.4 is 9.47 Å². The van der Waals surface area contributed by atoms with Gasteiger partial charge in [0, 0.05) is 0 Å². The van der Waals surface area contributed by atoms with E-state index in [1.165, 1.54) is 19.3 Å². The summed E-state index contributed by atoms with van der Waals surface area (Å²) in [6, 6.07) is 3.83. The second-order valence-corrected chi connectivity index (χ2v) is 5.11. The molecule has 1 saturated carbocycles. The Hall–Kier alpha value is -1.22. The van der Waals surface area contributed by atoms with Crippen molar-refractivity contribution in [3.8, 4) is 11.5 Å². The first-order chi connectivity index (χ1) is 8.65. The van der Waals surface area contributed by atoms with Gasteiger partial charge < -0.3 is 14.6 Å². The lowest BCUT2D eigenvalue weighted by Crippen LogP contribution is -2.15. The van der Waals surface area contributed by atoms with E-state index in [4.69, 9.17) is 9.47 Å². The SMILES string of the molecule is COc1cc(C)c(C(O)CC2CCC2)cc1OC. The fourth-order valence-electron chi connectivity index (χ4n) is 2.53. The van der Waals surface area contributed by atoms with Crippen molar-refractivity contribution in [2.24, 2.45) is 5.92 Å². The van der Waals surface area contributed by atoms with Crippen molar-refractivity contribution in [2.75, 3.05) is 14.2 Å². The molecule has 3 nitrogen and oxygen atoms in total. The Balaban J connectivity index is 2.20. The van der Waals surface area contributed by atoms with E-state index in [2.05, 4.69) is 0 Å². The van der Waals surface area contributed by atoms with Crippen LogP contribution in [-0.4, -0.2) is 19.3 Å². The van der Waals surface area contributed by atoms with E-state index in [9.17, 15) is 5.11 Å². The highest BCUT2D eigenvalue weighted by Gasteiger charge is 2.23. The van der Waals surface area contributed by atoms with E-state index in [1.807, 2.05) is 19.1 Å². The van der Waals surface area contributed by atoms with Gasteiger partial charge in [-0.3, -0.25) is 0 Å². The van der Waals surface area contributed by atoms with Gasteiger partial charge in [0.05, 0.1) is 20.3 Å². The summed E-state index contributed by atoms with van der Waals surface area (Å²) in [4.78, 5) is 0. The third kappa shape index (κ3) is 2.61. The molecule has 0 heterocycles. The first kappa shape index (κ1) is 13.2. The molecule has 0 saturated heterocycles. The minimum atomic E-state index is -0.393. The topological polar surface area (TPSA) is 38.7 Å². The maximum Gasteiger partial charge on any atom is 0.161 e. The number of hydrogen-bond donors (Lipinski definition) is 1. The lowest BCUT2D eigenvalue weighted by Gasteiger charge is -2.28. The minimum absolute atomic E-state index is 0.393. The molecule has 1 atom stereocenters. The Morgan fingerprint density at radius 1 is 1.22 bits per heavy atom. The fourth-order valence-corrected chi connectivity index (χ4v) is 2.53. The zero-order valence-corrected chi connectivity index (χ0v) is 11.4. The third-order valence-corrected chi connectivity index (χ3v) is 3.91. The highest BCUT2D eigenvalue weighted by Crippen LogP contribution is 2.38. The summed E-state index contributed by atoms with van der Waals surface area (Å²) in [7, 11) is 3.25. The quantitative estimate of drug-likeness (QED) is 0.872. The first-order valence-electron chi connectivity index (χ1n) is 6.56. The molecule has 1 aromatic carbocycles. The molecule has 0 bridgehead atoms. The molecule has 0 amide bonds. The van der Waals surface area contributed by atoms with Crippen LogP contribution >= 0.6 is 0 Å². The van der Waals surface area contributed by atoms with Gasteiger partial charge in [0.1, 0.15) is 0 Å². The summed E-state index contributed by atoms with van der Waals surface area (Å²) in [5.41, 5.74) is 2.01. The van der Waals surface area contributed by atoms with Crippen LogP contribution in [0, 0.1) is 12.8 Å². The van der Waals surface area contributed by atoms with Crippen LogP contribution in [0.15, 0.2) is 12.1 Å². The van der Waals surface area contributed by atoms with E-state index in [-0.39, 0.29) is 0 Å². The Labute approximate surface area is 109 Å². The lowest BCUT2D eigenvalue weighted by molar-refractivity contribution is 0.117. The average Bonchev–Trinajstić information content (AvgIpc) is 2.33. The van der Waals surface area contributed by atoms with E-state index in [1.54, 1.807) is 14.2 Å². The molecular weight excluding hydrogens is 228 g/mol. The highest BCUT2D eigenvalue weighted by molar-refractivity contribution is 5.47. The number of aliphatic hydroxyl groups is 1. The van der Waals surface area contributed by atoms with E-state index < -0.39 is 6.10 Å². The fraction of sp³-hybridized carbons (Fsp3) is 0.600. The molecule has 1 unspecified atom stereocenters. The predicted octanol–water partition coefficient (Wildman–Crippen LogP) is 3.24. The third-order valence-electron chi connectivity index (χ3n) is 3.91. The van der Waals surface area contributed by atoms with Crippen molar-refractivity contribution in [3.63, 3.8) is 0 Å². The largest absolute Gasteiger partial charge is 0.493 e. The second kappa shape index (κ2) is 5.61. The average molecular weight is 250 g/mol. The van der Waals surface area contributed by atoms with Gasteiger partial charge in [-0.1, -0.05) is 19.3 Å². The monoisotopic (exact) mass is 250 g/mol. The molecule has 3 heteroatoms. The van der Waals surface area contributed by atoms with Crippen LogP contribution in [0.4, 0.5) is 0 Å². The van der Waals surface area contributed by atoms with Gasteiger partial charge in [0.2, 0.25) is 0 Å². The number of aryl methyl sites for hydroxylation is 1. The molecule has 0 aliphatic heterocycles. The van der Waals surface area contributed by atoms with Crippen molar-refractivity contribution in [1.29, 1.82) is 0 Å². The number of aliphatic hydroxyl groups excluding tert-OH is 1. The number of rotatable bonds is 5. The second-order valence-electron chi connectivity index (χ2n) is 5.11. The van der Waals surface area contributed by atoms with Gasteiger partial charge in [-0.2, -0.15) is 0 Å². The van der Waals surface area contributed by atoms with Gasteiger partial charge in [0.15, 0.2) is 11.5 Å². The maximum atomic E-state index is 10.3. The van der Waals surface area contributed by atoms with Crippen LogP contribution in [-0.2, 0) is 0 Å². The van der Waals surface area contributed by atoms with E-state index >= 15 is 0 Å². The summed E-state index contributed by atoms with van der Waals surface area (Å²) in [5.74, 6) is 2.09. The molecule has 2 rings (SSSR count). The minimum Gasteiger partial charge on any atom is -0.493 e. The lowest BCUT2D eigenvalue weighted by atomic mass is 9.80. The van der Waals surface area contributed by atoms with Gasteiger partial charge in [-0.05, 0) is 42.5 Å². The van der Waals surface area contributed by atoms with Crippen LogP contribution in [0.2, 0.25) is 0 Å². The van der Waals surface area contributed by atoms with Crippen LogP contribution in [0.1, 0.15) is 42.9 Å². The van der Waals surface area contributed by atoms with Crippen molar-refractivity contribution >= 4 is 0 Å². The molecule has 0 radical (unpaired) electrons. The summed E-state index contributed by atoms with van der Waals surface area (Å²) in [6.07, 6.45) is 4.28. The van der Waals surface area contributed by atoms with Gasteiger partial charge in [0.25, 0.3) is 0 Å². The molecule has 1 aromatic rings. The highest BCUT2D eigenvalue weighted by atomic mass is 16.5. The molecule has 1 fully saturated rings. The molecule has 0 aromatic heterocycles. The number of ether oxygens (including phenoxy) is 2.